The maximum absolute atomic E-state index is 5.74. The summed E-state index contributed by atoms with van der Waals surface area (Å²) in [6.07, 6.45) is 4.57. The highest BCUT2D eigenvalue weighted by Gasteiger charge is 2.18. The fraction of sp³-hybridized carbons (Fsp3) is 0.467. The molecular formula is C15H21NO2. The first-order valence-electron chi connectivity index (χ1n) is 6.50. The minimum atomic E-state index is 0.180. The molecule has 98 valence electrons. The third-order valence-electron chi connectivity index (χ3n) is 2.86. The van der Waals surface area contributed by atoms with Gasteiger partial charge in [0, 0.05) is 13.1 Å². The van der Waals surface area contributed by atoms with Crippen LogP contribution in [-0.4, -0.2) is 38.5 Å². The molecule has 2 atom stereocenters. The van der Waals surface area contributed by atoms with Crippen LogP contribution in [0, 0.1) is 0 Å². The maximum atomic E-state index is 5.74. The minimum absolute atomic E-state index is 0.180. The molecule has 2 unspecified atom stereocenters. The second-order valence-corrected chi connectivity index (χ2v) is 4.58. The second kappa shape index (κ2) is 7.31. The molecule has 3 heteroatoms. The Kier molecular flexibility index (Phi) is 5.39. The van der Waals surface area contributed by atoms with E-state index in [4.69, 9.17) is 9.47 Å². The van der Waals surface area contributed by atoms with Crippen molar-refractivity contribution in [3.8, 4) is 0 Å². The molecule has 0 spiro atoms. The Balaban J connectivity index is 1.62. The normalized spacial score (nSPS) is 24.5. The molecule has 3 nitrogen and oxygen atoms in total. The van der Waals surface area contributed by atoms with Crippen molar-refractivity contribution in [1.82, 2.24) is 5.32 Å². The second-order valence-electron chi connectivity index (χ2n) is 4.58. The van der Waals surface area contributed by atoms with E-state index in [9.17, 15) is 0 Å². The third kappa shape index (κ3) is 4.61. The van der Waals surface area contributed by atoms with Crippen LogP contribution >= 0.6 is 0 Å². The van der Waals surface area contributed by atoms with Crippen molar-refractivity contribution < 1.29 is 9.47 Å². The average molecular weight is 247 g/mol. The summed E-state index contributed by atoms with van der Waals surface area (Å²) in [6, 6.07) is 10.2. The van der Waals surface area contributed by atoms with Gasteiger partial charge in [-0.2, -0.15) is 0 Å². The Morgan fingerprint density at radius 1 is 1.33 bits per heavy atom. The quantitative estimate of drug-likeness (QED) is 0.808. The number of morpholine rings is 1. The van der Waals surface area contributed by atoms with Gasteiger partial charge in [0.25, 0.3) is 0 Å². The highest BCUT2D eigenvalue weighted by Crippen LogP contribution is 2.04. The summed E-state index contributed by atoms with van der Waals surface area (Å²) < 4.78 is 11.3. The molecule has 1 aromatic rings. The van der Waals surface area contributed by atoms with E-state index < -0.39 is 0 Å². The van der Waals surface area contributed by atoms with Crippen LogP contribution in [0.2, 0.25) is 0 Å². The number of ether oxygens (including phenoxy) is 2. The van der Waals surface area contributed by atoms with E-state index in [1.807, 2.05) is 24.3 Å². The predicted octanol–water partition coefficient (Wildman–Crippen LogP) is 2.09. The van der Waals surface area contributed by atoms with Crippen molar-refractivity contribution in [3.05, 3.63) is 42.0 Å². The third-order valence-corrected chi connectivity index (χ3v) is 2.86. The molecule has 0 saturated carbocycles. The van der Waals surface area contributed by atoms with Crippen molar-refractivity contribution >= 4 is 6.08 Å². The lowest BCUT2D eigenvalue weighted by molar-refractivity contribution is -0.0647. The van der Waals surface area contributed by atoms with Crippen LogP contribution in [0.1, 0.15) is 12.5 Å². The standard InChI is InChI=1S/C15H21NO2/c1-13-10-16-11-15(18-13)12-17-9-5-8-14-6-3-2-4-7-14/h2-8,13,15-16H,9-12H2,1H3/b8-5+. The first-order chi connectivity index (χ1) is 8.84. The Morgan fingerprint density at radius 3 is 2.94 bits per heavy atom. The van der Waals surface area contributed by atoms with Gasteiger partial charge in [-0.25, -0.2) is 0 Å². The monoisotopic (exact) mass is 247 g/mol. The molecule has 0 bridgehead atoms. The molecule has 1 N–H and O–H groups in total. The highest BCUT2D eigenvalue weighted by molar-refractivity contribution is 5.48. The van der Waals surface area contributed by atoms with E-state index in [1.165, 1.54) is 5.56 Å². The minimum Gasteiger partial charge on any atom is -0.375 e. The van der Waals surface area contributed by atoms with Gasteiger partial charge in [0.1, 0.15) is 0 Å². The van der Waals surface area contributed by atoms with Crippen LogP contribution in [0.4, 0.5) is 0 Å². The molecule has 18 heavy (non-hydrogen) atoms. The summed E-state index contributed by atoms with van der Waals surface area (Å²) in [4.78, 5) is 0. The van der Waals surface area contributed by atoms with Gasteiger partial charge in [0.05, 0.1) is 25.4 Å². The molecule has 0 amide bonds. The van der Waals surface area contributed by atoms with Gasteiger partial charge in [0.15, 0.2) is 0 Å². The smallest absolute Gasteiger partial charge is 0.0936 e. The molecule has 0 aromatic heterocycles. The maximum Gasteiger partial charge on any atom is 0.0936 e. The number of rotatable bonds is 5. The zero-order chi connectivity index (χ0) is 12.6. The number of hydrogen-bond donors (Lipinski definition) is 1. The Morgan fingerprint density at radius 2 is 2.17 bits per heavy atom. The van der Waals surface area contributed by atoms with Crippen molar-refractivity contribution in [2.75, 3.05) is 26.3 Å². The number of hydrogen-bond acceptors (Lipinski definition) is 3. The summed E-state index contributed by atoms with van der Waals surface area (Å²) >= 11 is 0. The first kappa shape index (κ1) is 13.3. The first-order valence-corrected chi connectivity index (χ1v) is 6.50. The van der Waals surface area contributed by atoms with E-state index in [0.29, 0.717) is 13.2 Å². The number of nitrogens with one attached hydrogen (secondary N) is 1. The van der Waals surface area contributed by atoms with Crippen molar-refractivity contribution in [3.63, 3.8) is 0 Å². The molecule has 1 heterocycles. The molecular weight excluding hydrogens is 226 g/mol. The number of benzene rings is 1. The van der Waals surface area contributed by atoms with Crippen LogP contribution < -0.4 is 5.32 Å². The van der Waals surface area contributed by atoms with Gasteiger partial charge in [-0.1, -0.05) is 42.5 Å². The van der Waals surface area contributed by atoms with E-state index in [-0.39, 0.29) is 12.2 Å². The van der Waals surface area contributed by atoms with Gasteiger partial charge in [0.2, 0.25) is 0 Å². The molecule has 1 fully saturated rings. The van der Waals surface area contributed by atoms with Crippen LogP contribution in [0.3, 0.4) is 0 Å². The lowest BCUT2D eigenvalue weighted by Crippen LogP contribution is -2.45. The topological polar surface area (TPSA) is 30.5 Å². The van der Waals surface area contributed by atoms with Gasteiger partial charge in [-0.05, 0) is 12.5 Å². The zero-order valence-corrected chi connectivity index (χ0v) is 10.8. The van der Waals surface area contributed by atoms with Gasteiger partial charge in [-0.15, -0.1) is 0 Å². The fourth-order valence-electron chi connectivity index (χ4n) is 1.99. The Hall–Kier alpha value is -1.16. The SMILES string of the molecule is CC1CNCC(COC/C=C/c2ccccc2)O1. The summed E-state index contributed by atoms with van der Waals surface area (Å²) in [6.45, 7) is 5.17. The van der Waals surface area contributed by atoms with E-state index in [1.54, 1.807) is 0 Å². The summed E-state index contributed by atoms with van der Waals surface area (Å²) in [7, 11) is 0. The van der Waals surface area contributed by atoms with Crippen LogP contribution in [0.25, 0.3) is 6.08 Å². The fourth-order valence-corrected chi connectivity index (χ4v) is 1.99. The molecule has 2 rings (SSSR count). The molecule has 1 aliphatic rings. The van der Waals surface area contributed by atoms with Crippen molar-refractivity contribution in [2.24, 2.45) is 0 Å². The van der Waals surface area contributed by atoms with Crippen LogP contribution in [0.5, 0.6) is 0 Å². The van der Waals surface area contributed by atoms with E-state index in [2.05, 4.69) is 30.4 Å². The summed E-state index contributed by atoms with van der Waals surface area (Å²) in [5.41, 5.74) is 1.20. The Labute approximate surface area is 109 Å². The summed E-state index contributed by atoms with van der Waals surface area (Å²) in [5, 5.41) is 3.33. The van der Waals surface area contributed by atoms with Gasteiger partial charge in [-0.3, -0.25) is 0 Å². The molecule has 0 radical (unpaired) electrons. The van der Waals surface area contributed by atoms with Crippen LogP contribution in [0.15, 0.2) is 36.4 Å². The molecule has 1 saturated heterocycles. The lowest BCUT2D eigenvalue weighted by Gasteiger charge is -2.28. The molecule has 1 aliphatic heterocycles. The van der Waals surface area contributed by atoms with Gasteiger partial charge >= 0.3 is 0 Å². The molecule has 1 aromatic carbocycles. The predicted molar refractivity (Wildman–Crippen MR) is 73.5 cm³/mol. The summed E-state index contributed by atoms with van der Waals surface area (Å²) in [5.74, 6) is 0. The lowest BCUT2D eigenvalue weighted by atomic mass is 10.2. The Bertz CT molecular complexity index is 364. The van der Waals surface area contributed by atoms with Crippen LogP contribution in [-0.2, 0) is 9.47 Å². The van der Waals surface area contributed by atoms with Crippen molar-refractivity contribution in [2.45, 2.75) is 19.1 Å². The highest BCUT2D eigenvalue weighted by atomic mass is 16.5. The zero-order valence-electron chi connectivity index (χ0n) is 10.8. The van der Waals surface area contributed by atoms with Crippen molar-refractivity contribution in [1.29, 1.82) is 0 Å². The van der Waals surface area contributed by atoms with E-state index in [0.717, 1.165) is 13.1 Å². The largest absolute Gasteiger partial charge is 0.375 e. The molecule has 0 aliphatic carbocycles. The average Bonchev–Trinajstić information content (AvgIpc) is 2.40. The van der Waals surface area contributed by atoms with E-state index >= 15 is 0 Å². The van der Waals surface area contributed by atoms with Gasteiger partial charge < -0.3 is 14.8 Å².